The van der Waals surface area contributed by atoms with E-state index in [1.54, 1.807) is 24.3 Å². The highest BCUT2D eigenvalue weighted by Gasteiger charge is 2.28. The molecule has 2 aliphatic rings. The Kier molecular flexibility index (Phi) is 4.07. The third kappa shape index (κ3) is 3.01. The number of nitrogens with one attached hydrogen (secondary N) is 5. The number of hydrazine groups is 3. The summed E-state index contributed by atoms with van der Waals surface area (Å²) >= 11 is 0. The molecule has 26 heavy (non-hydrogen) atoms. The third-order valence-corrected chi connectivity index (χ3v) is 4.80. The lowest BCUT2D eigenvalue weighted by Crippen LogP contribution is -2.33. The molecule has 11 nitrogen and oxygen atoms in total. The van der Waals surface area contributed by atoms with Crippen LogP contribution < -0.4 is 37.1 Å². The average Bonchev–Trinajstić information content (AvgIpc) is 3.14. The van der Waals surface area contributed by atoms with Crippen molar-refractivity contribution in [3.05, 3.63) is 36.0 Å². The van der Waals surface area contributed by atoms with Gasteiger partial charge in [-0.15, -0.1) is 0 Å². The van der Waals surface area contributed by atoms with E-state index in [1.165, 1.54) is 6.20 Å². The van der Waals surface area contributed by atoms with Gasteiger partial charge in [0.15, 0.2) is 11.6 Å². The van der Waals surface area contributed by atoms with Crippen molar-refractivity contribution in [2.24, 2.45) is 5.14 Å². The molecule has 4 rings (SSSR count). The molecule has 12 heteroatoms. The van der Waals surface area contributed by atoms with Crippen LogP contribution in [0.5, 0.6) is 5.75 Å². The maximum absolute atomic E-state index is 12.0. The highest BCUT2D eigenvalue weighted by atomic mass is 32.2. The molecule has 0 aliphatic carbocycles. The second-order valence-electron chi connectivity index (χ2n) is 5.64. The number of carbonyl (C=O) groups is 1. The Morgan fingerprint density at radius 3 is 2.69 bits per heavy atom. The minimum atomic E-state index is -4.06. The van der Waals surface area contributed by atoms with Gasteiger partial charge in [-0.1, -0.05) is 6.07 Å². The van der Waals surface area contributed by atoms with Gasteiger partial charge >= 0.3 is 0 Å². The first-order valence-electron chi connectivity index (χ1n) is 7.53. The molecule has 1 amide bonds. The van der Waals surface area contributed by atoms with Gasteiger partial charge in [0.05, 0.1) is 5.69 Å². The van der Waals surface area contributed by atoms with E-state index in [-0.39, 0.29) is 17.5 Å². The van der Waals surface area contributed by atoms with Crippen molar-refractivity contribution >= 4 is 21.6 Å². The zero-order chi connectivity index (χ0) is 18.3. The number of pyridine rings is 1. The van der Waals surface area contributed by atoms with E-state index in [1.807, 2.05) is 0 Å². The number of primary sulfonamides is 1. The number of rotatable bonds is 3. The molecular formula is C14H15N7O4S. The Labute approximate surface area is 148 Å². The van der Waals surface area contributed by atoms with Crippen molar-refractivity contribution in [1.29, 1.82) is 0 Å². The van der Waals surface area contributed by atoms with Crippen LogP contribution in [0.4, 0.5) is 5.69 Å². The third-order valence-electron chi connectivity index (χ3n) is 3.93. The van der Waals surface area contributed by atoms with Crippen LogP contribution in [0.1, 0.15) is 11.7 Å². The lowest BCUT2D eigenvalue weighted by Gasteiger charge is -2.21. The number of amides is 1. The largest absolute Gasteiger partial charge is 0.482 e. The first-order valence-corrected chi connectivity index (χ1v) is 9.08. The number of anilines is 1. The SMILES string of the molecule is NS(=O)(=O)c1nccc(-c2ccc3c(c2)OCC(=O)N3)c1C1NNNN1. The zero-order valence-electron chi connectivity index (χ0n) is 13.2. The van der Waals surface area contributed by atoms with Crippen LogP contribution >= 0.6 is 0 Å². The van der Waals surface area contributed by atoms with Crippen LogP contribution in [-0.4, -0.2) is 25.9 Å². The molecule has 2 aliphatic heterocycles. The Morgan fingerprint density at radius 2 is 1.96 bits per heavy atom. The van der Waals surface area contributed by atoms with Gasteiger partial charge in [0.25, 0.3) is 15.9 Å². The number of hydrogen-bond acceptors (Lipinski definition) is 9. The number of ether oxygens (including phenoxy) is 1. The molecule has 136 valence electrons. The van der Waals surface area contributed by atoms with Gasteiger partial charge in [-0.2, -0.15) is 11.1 Å². The molecule has 1 aromatic carbocycles. The number of aromatic nitrogens is 1. The van der Waals surface area contributed by atoms with E-state index in [9.17, 15) is 13.2 Å². The van der Waals surface area contributed by atoms with Crippen molar-refractivity contribution in [1.82, 2.24) is 26.9 Å². The lowest BCUT2D eigenvalue weighted by molar-refractivity contribution is -0.118. The molecule has 0 atom stereocenters. The van der Waals surface area contributed by atoms with Crippen molar-refractivity contribution in [3.63, 3.8) is 0 Å². The highest BCUT2D eigenvalue weighted by molar-refractivity contribution is 7.89. The van der Waals surface area contributed by atoms with Gasteiger partial charge in [-0.05, 0) is 29.3 Å². The summed E-state index contributed by atoms with van der Waals surface area (Å²) in [7, 11) is -4.06. The van der Waals surface area contributed by atoms with E-state index in [0.717, 1.165) is 0 Å². The normalized spacial score (nSPS) is 17.5. The van der Waals surface area contributed by atoms with E-state index >= 15 is 0 Å². The van der Waals surface area contributed by atoms with Crippen molar-refractivity contribution < 1.29 is 17.9 Å². The van der Waals surface area contributed by atoms with Gasteiger partial charge in [-0.3, -0.25) is 4.79 Å². The van der Waals surface area contributed by atoms with Gasteiger partial charge in [0, 0.05) is 11.8 Å². The Hall–Kier alpha value is -2.61. The van der Waals surface area contributed by atoms with Crippen molar-refractivity contribution in [3.8, 4) is 16.9 Å². The van der Waals surface area contributed by atoms with Gasteiger partial charge in [0.2, 0.25) is 0 Å². The standard InChI is InChI=1S/C14H15N7O4S/c15-26(23,24)14-12(13-18-20-21-19-13)8(3-4-16-14)7-1-2-9-10(5-7)25-6-11(22)17-9/h1-5,13,18-21H,6H2,(H,17,22)(H2,15,23,24). The number of carbonyl (C=O) groups excluding carboxylic acids is 1. The molecule has 0 unspecified atom stereocenters. The molecule has 1 aromatic heterocycles. The molecule has 7 N–H and O–H groups in total. The van der Waals surface area contributed by atoms with Crippen molar-refractivity contribution in [2.75, 3.05) is 11.9 Å². The maximum atomic E-state index is 12.0. The van der Waals surface area contributed by atoms with Crippen LogP contribution in [0.15, 0.2) is 35.5 Å². The highest BCUT2D eigenvalue weighted by Crippen LogP contribution is 2.36. The summed E-state index contributed by atoms with van der Waals surface area (Å²) < 4.78 is 29.5. The molecule has 0 spiro atoms. The Balaban J connectivity index is 1.88. The minimum absolute atomic E-state index is 0.0817. The molecular weight excluding hydrogens is 362 g/mol. The maximum Gasteiger partial charge on any atom is 0.262 e. The summed E-state index contributed by atoms with van der Waals surface area (Å²) in [5.41, 5.74) is 13.1. The first-order chi connectivity index (χ1) is 12.4. The van der Waals surface area contributed by atoms with Gasteiger partial charge < -0.3 is 10.1 Å². The summed E-state index contributed by atoms with van der Waals surface area (Å²) in [6, 6.07) is 6.83. The summed E-state index contributed by atoms with van der Waals surface area (Å²) in [5.74, 6) is 0.258. The van der Waals surface area contributed by atoms with Gasteiger partial charge in [0.1, 0.15) is 11.9 Å². The van der Waals surface area contributed by atoms with E-state index < -0.39 is 16.2 Å². The molecule has 1 saturated heterocycles. The number of nitrogens with zero attached hydrogens (tertiary/aromatic N) is 1. The molecule has 2 aromatic rings. The summed E-state index contributed by atoms with van der Waals surface area (Å²) in [4.78, 5) is 15.3. The second-order valence-corrected chi connectivity index (χ2v) is 7.12. The summed E-state index contributed by atoms with van der Waals surface area (Å²) in [6.07, 6.45) is 0.764. The number of benzene rings is 1. The van der Waals surface area contributed by atoms with Crippen LogP contribution in [-0.2, 0) is 14.8 Å². The minimum Gasteiger partial charge on any atom is -0.482 e. The predicted molar refractivity (Wildman–Crippen MR) is 90.5 cm³/mol. The molecule has 1 fully saturated rings. The summed E-state index contributed by atoms with van der Waals surface area (Å²) in [5, 5.41) is 7.79. The number of hydrogen-bond donors (Lipinski definition) is 6. The Bertz CT molecular complexity index is 989. The van der Waals surface area contributed by atoms with Crippen LogP contribution in [0.2, 0.25) is 0 Å². The molecule has 0 radical (unpaired) electrons. The Morgan fingerprint density at radius 1 is 1.19 bits per heavy atom. The van der Waals surface area contributed by atoms with Crippen LogP contribution in [0.3, 0.4) is 0 Å². The van der Waals surface area contributed by atoms with E-state index in [0.29, 0.717) is 28.1 Å². The number of sulfonamides is 1. The summed E-state index contributed by atoms with van der Waals surface area (Å²) in [6.45, 7) is -0.0817. The van der Waals surface area contributed by atoms with Crippen LogP contribution in [0, 0.1) is 0 Å². The predicted octanol–water partition coefficient (Wildman–Crippen LogP) is -1.16. The average molecular weight is 377 g/mol. The molecule has 0 bridgehead atoms. The fourth-order valence-electron chi connectivity index (χ4n) is 2.85. The molecule has 0 saturated carbocycles. The smallest absolute Gasteiger partial charge is 0.262 e. The second kappa shape index (κ2) is 6.28. The fraction of sp³-hybridized carbons (Fsp3) is 0.143. The topological polar surface area (TPSA) is 160 Å². The monoisotopic (exact) mass is 377 g/mol. The van der Waals surface area contributed by atoms with Crippen LogP contribution in [0.25, 0.3) is 11.1 Å². The fourth-order valence-corrected chi connectivity index (χ4v) is 3.59. The number of nitrogens with two attached hydrogens (primary N) is 1. The zero-order valence-corrected chi connectivity index (χ0v) is 14.1. The van der Waals surface area contributed by atoms with E-state index in [2.05, 4.69) is 32.2 Å². The van der Waals surface area contributed by atoms with Gasteiger partial charge in [-0.25, -0.2) is 29.4 Å². The quantitative estimate of drug-likeness (QED) is 0.388. The first kappa shape index (κ1) is 16.8. The lowest BCUT2D eigenvalue weighted by atomic mass is 9.99. The number of fused-ring (bicyclic) bond motifs is 1. The van der Waals surface area contributed by atoms with Crippen molar-refractivity contribution in [2.45, 2.75) is 11.2 Å². The molecule has 3 heterocycles. The van der Waals surface area contributed by atoms with E-state index in [4.69, 9.17) is 9.88 Å².